The standard InChI is InChI=1S/C16H20FNO4/c1-11(6-7-12-4-2-3-5-13(12)17)15(19)18-8-9-22-14(10-18)16(20)21/h2-5,11,14H,6-10H2,1H3,(H,20,21)/t11-,14+/m0/s1. The van der Waals surface area contributed by atoms with Crippen LogP contribution in [0.1, 0.15) is 18.9 Å². The van der Waals surface area contributed by atoms with Crippen LogP contribution in [-0.4, -0.2) is 47.7 Å². The quantitative estimate of drug-likeness (QED) is 0.899. The molecule has 0 aliphatic carbocycles. The van der Waals surface area contributed by atoms with E-state index in [4.69, 9.17) is 9.84 Å². The van der Waals surface area contributed by atoms with Gasteiger partial charge in [-0.25, -0.2) is 9.18 Å². The summed E-state index contributed by atoms with van der Waals surface area (Å²) in [5, 5.41) is 8.95. The van der Waals surface area contributed by atoms with Gasteiger partial charge in [-0.15, -0.1) is 0 Å². The van der Waals surface area contributed by atoms with Gasteiger partial charge in [-0.1, -0.05) is 25.1 Å². The molecule has 1 amide bonds. The zero-order valence-electron chi connectivity index (χ0n) is 12.5. The molecule has 0 aromatic heterocycles. The Labute approximate surface area is 128 Å². The first-order valence-electron chi connectivity index (χ1n) is 7.35. The molecule has 1 aliphatic rings. The summed E-state index contributed by atoms with van der Waals surface area (Å²) >= 11 is 0. The molecule has 0 spiro atoms. The Kier molecular flexibility index (Phi) is 5.49. The van der Waals surface area contributed by atoms with Crippen molar-refractivity contribution in [3.63, 3.8) is 0 Å². The minimum atomic E-state index is -1.06. The van der Waals surface area contributed by atoms with Gasteiger partial charge >= 0.3 is 5.97 Å². The first-order chi connectivity index (χ1) is 10.5. The predicted molar refractivity (Wildman–Crippen MR) is 77.8 cm³/mol. The van der Waals surface area contributed by atoms with E-state index in [1.165, 1.54) is 11.0 Å². The van der Waals surface area contributed by atoms with Crippen molar-refractivity contribution in [3.05, 3.63) is 35.6 Å². The lowest BCUT2D eigenvalue weighted by Gasteiger charge is -2.32. The molecule has 2 atom stereocenters. The molecule has 0 unspecified atom stereocenters. The number of rotatable bonds is 5. The number of carbonyl (C=O) groups is 2. The first kappa shape index (κ1) is 16.4. The number of benzene rings is 1. The molecule has 5 nitrogen and oxygen atoms in total. The molecule has 1 aromatic rings. The number of aryl methyl sites for hydroxylation is 1. The van der Waals surface area contributed by atoms with E-state index >= 15 is 0 Å². The van der Waals surface area contributed by atoms with Crippen LogP contribution in [0.2, 0.25) is 0 Å². The molecule has 1 saturated heterocycles. The van der Waals surface area contributed by atoms with Gasteiger partial charge in [0.2, 0.25) is 5.91 Å². The van der Waals surface area contributed by atoms with E-state index in [0.29, 0.717) is 24.9 Å². The maximum absolute atomic E-state index is 13.6. The molecule has 2 rings (SSSR count). The van der Waals surface area contributed by atoms with Gasteiger partial charge in [0.15, 0.2) is 6.10 Å². The summed E-state index contributed by atoms with van der Waals surface area (Å²) in [5.74, 6) is -1.71. The Morgan fingerprint density at radius 1 is 1.45 bits per heavy atom. The second kappa shape index (κ2) is 7.35. The van der Waals surface area contributed by atoms with Crippen LogP contribution < -0.4 is 0 Å². The van der Waals surface area contributed by atoms with Crippen molar-refractivity contribution in [3.8, 4) is 0 Å². The Morgan fingerprint density at radius 2 is 2.18 bits per heavy atom. The first-order valence-corrected chi connectivity index (χ1v) is 7.35. The molecule has 120 valence electrons. The van der Waals surface area contributed by atoms with Gasteiger partial charge in [0.25, 0.3) is 0 Å². The molecule has 22 heavy (non-hydrogen) atoms. The second-order valence-electron chi connectivity index (χ2n) is 5.51. The van der Waals surface area contributed by atoms with Crippen molar-refractivity contribution >= 4 is 11.9 Å². The molecule has 1 heterocycles. The van der Waals surface area contributed by atoms with Gasteiger partial charge in [0.05, 0.1) is 13.2 Å². The summed E-state index contributed by atoms with van der Waals surface area (Å²) in [7, 11) is 0. The van der Waals surface area contributed by atoms with Crippen molar-refractivity contribution in [2.75, 3.05) is 19.7 Å². The van der Waals surface area contributed by atoms with E-state index in [-0.39, 0.29) is 30.8 Å². The number of hydrogen-bond acceptors (Lipinski definition) is 3. The highest BCUT2D eigenvalue weighted by atomic mass is 19.1. The van der Waals surface area contributed by atoms with Crippen LogP contribution >= 0.6 is 0 Å². The molecule has 0 saturated carbocycles. The third-order valence-corrected chi connectivity index (χ3v) is 3.88. The molecule has 1 fully saturated rings. The molecule has 1 aromatic carbocycles. The highest BCUT2D eigenvalue weighted by Gasteiger charge is 2.30. The fourth-order valence-electron chi connectivity index (χ4n) is 2.51. The lowest BCUT2D eigenvalue weighted by molar-refractivity contribution is -0.160. The number of amides is 1. The Balaban J connectivity index is 1.89. The Bertz CT molecular complexity index is 549. The average molecular weight is 309 g/mol. The topological polar surface area (TPSA) is 66.8 Å². The van der Waals surface area contributed by atoms with Gasteiger partial charge < -0.3 is 14.7 Å². The smallest absolute Gasteiger partial charge is 0.334 e. The molecule has 0 radical (unpaired) electrons. The molecule has 0 bridgehead atoms. The highest BCUT2D eigenvalue weighted by Crippen LogP contribution is 2.16. The van der Waals surface area contributed by atoms with Crippen molar-refractivity contribution < 1.29 is 23.8 Å². The van der Waals surface area contributed by atoms with Crippen LogP contribution in [0.4, 0.5) is 4.39 Å². The minimum Gasteiger partial charge on any atom is -0.479 e. The van der Waals surface area contributed by atoms with Crippen molar-refractivity contribution in [2.45, 2.75) is 25.9 Å². The third-order valence-electron chi connectivity index (χ3n) is 3.88. The number of carboxylic acids is 1. The van der Waals surface area contributed by atoms with Crippen molar-refractivity contribution in [1.29, 1.82) is 0 Å². The van der Waals surface area contributed by atoms with Gasteiger partial charge in [0, 0.05) is 12.5 Å². The number of nitrogens with zero attached hydrogens (tertiary/aromatic N) is 1. The monoisotopic (exact) mass is 309 g/mol. The van der Waals surface area contributed by atoms with E-state index in [1.807, 2.05) is 0 Å². The number of aliphatic carboxylic acids is 1. The third kappa shape index (κ3) is 4.04. The fourth-order valence-corrected chi connectivity index (χ4v) is 2.51. The predicted octanol–water partition coefficient (Wildman–Crippen LogP) is 1.71. The SMILES string of the molecule is C[C@@H](CCc1ccccc1F)C(=O)N1CCO[C@@H](C(=O)O)C1. The number of hydrogen-bond donors (Lipinski definition) is 1. The second-order valence-corrected chi connectivity index (χ2v) is 5.51. The summed E-state index contributed by atoms with van der Waals surface area (Å²) in [4.78, 5) is 24.8. The maximum atomic E-state index is 13.6. The normalized spacial score (nSPS) is 19.7. The molecular formula is C16H20FNO4. The van der Waals surface area contributed by atoms with E-state index in [0.717, 1.165) is 0 Å². The summed E-state index contributed by atoms with van der Waals surface area (Å²) in [5.41, 5.74) is 0.590. The van der Waals surface area contributed by atoms with Gasteiger partial charge in [-0.05, 0) is 24.5 Å². The lowest BCUT2D eigenvalue weighted by atomic mass is 9.99. The number of carbonyl (C=O) groups excluding carboxylic acids is 1. The minimum absolute atomic E-state index is 0.0677. The van der Waals surface area contributed by atoms with Crippen molar-refractivity contribution in [2.24, 2.45) is 5.92 Å². The van der Waals surface area contributed by atoms with Crippen LogP contribution in [-0.2, 0) is 20.7 Å². The van der Waals surface area contributed by atoms with E-state index in [9.17, 15) is 14.0 Å². The van der Waals surface area contributed by atoms with Crippen LogP contribution in [0.5, 0.6) is 0 Å². The summed E-state index contributed by atoms with van der Waals surface area (Å²) < 4.78 is 18.7. The largest absolute Gasteiger partial charge is 0.479 e. The zero-order valence-corrected chi connectivity index (χ0v) is 12.5. The summed E-state index contributed by atoms with van der Waals surface area (Å²) in [6, 6.07) is 6.51. The number of morpholine rings is 1. The van der Waals surface area contributed by atoms with Gasteiger partial charge in [-0.3, -0.25) is 4.79 Å². The van der Waals surface area contributed by atoms with Crippen LogP contribution in [0.25, 0.3) is 0 Å². The molecule has 6 heteroatoms. The van der Waals surface area contributed by atoms with Crippen LogP contribution in [0, 0.1) is 11.7 Å². The summed E-state index contributed by atoms with van der Waals surface area (Å²) in [6.07, 6.45) is 0.0395. The Hall–Kier alpha value is -1.95. The van der Waals surface area contributed by atoms with Crippen LogP contribution in [0.15, 0.2) is 24.3 Å². The maximum Gasteiger partial charge on any atom is 0.334 e. The molecule has 1 aliphatic heterocycles. The number of ether oxygens (including phenoxy) is 1. The number of halogens is 1. The fraction of sp³-hybridized carbons (Fsp3) is 0.500. The summed E-state index contributed by atoms with van der Waals surface area (Å²) in [6.45, 7) is 2.47. The molecular weight excluding hydrogens is 289 g/mol. The van der Waals surface area contributed by atoms with E-state index in [2.05, 4.69) is 0 Å². The van der Waals surface area contributed by atoms with E-state index in [1.54, 1.807) is 25.1 Å². The molecule has 1 N–H and O–H groups in total. The van der Waals surface area contributed by atoms with Gasteiger partial charge in [-0.2, -0.15) is 0 Å². The van der Waals surface area contributed by atoms with Crippen molar-refractivity contribution in [1.82, 2.24) is 4.90 Å². The number of carboxylic acid groups (broad SMARTS) is 1. The van der Waals surface area contributed by atoms with E-state index < -0.39 is 12.1 Å². The van der Waals surface area contributed by atoms with Crippen LogP contribution in [0.3, 0.4) is 0 Å². The van der Waals surface area contributed by atoms with Gasteiger partial charge in [0.1, 0.15) is 5.82 Å². The Morgan fingerprint density at radius 3 is 2.86 bits per heavy atom. The lowest BCUT2D eigenvalue weighted by Crippen LogP contribution is -2.50. The zero-order chi connectivity index (χ0) is 16.1. The highest BCUT2D eigenvalue weighted by molar-refractivity contribution is 5.80. The average Bonchev–Trinajstić information content (AvgIpc) is 2.53.